The second-order valence-corrected chi connectivity index (χ2v) is 5.93. The molecule has 0 aromatic heterocycles. The molecule has 0 aliphatic carbocycles. The molecule has 0 fully saturated rings. The summed E-state index contributed by atoms with van der Waals surface area (Å²) in [5.41, 5.74) is 2.26. The Morgan fingerprint density at radius 3 is 2.32 bits per heavy atom. The number of aromatic hydroxyl groups is 1. The molecule has 2 heteroatoms. The highest BCUT2D eigenvalue weighted by Gasteiger charge is 2.18. The van der Waals surface area contributed by atoms with E-state index >= 15 is 0 Å². The van der Waals surface area contributed by atoms with E-state index in [0.717, 1.165) is 31.5 Å². The van der Waals surface area contributed by atoms with E-state index in [1.54, 1.807) is 0 Å². The maximum atomic E-state index is 10.0. The van der Waals surface area contributed by atoms with Gasteiger partial charge in [-0.3, -0.25) is 4.90 Å². The summed E-state index contributed by atoms with van der Waals surface area (Å²) in [4.78, 5) is 2.51. The van der Waals surface area contributed by atoms with Crippen LogP contribution in [0.2, 0.25) is 0 Å². The van der Waals surface area contributed by atoms with Crippen LogP contribution in [0, 0.1) is 12.8 Å². The van der Waals surface area contributed by atoms with Crippen molar-refractivity contribution in [2.24, 2.45) is 5.92 Å². The second-order valence-electron chi connectivity index (χ2n) is 5.93. The molecule has 0 aliphatic rings. The molecule has 0 spiro atoms. The fraction of sp³-hybridized carbons (Fsp3) is 0.647. The lowest BCUT2D eigenvalue weighted by Gasteiger charge is -2.32. The molecule has 0 unspecified atom stereocenters. The average Bonchev–Trinajstić information content (AvgIpc) is 2.34. The first-order valence-corrected chi connectivity index (χ1v) is 7.50. The maximum absolute atomic E-state index is 10.0. The summed E-state index contributed by atoms with van der Waals surface area (Å²) in [6.45, 7) is 13.0. The molecule has 19 heavy (non-hydrogen) atoms. The summed E-state index contributed by atoms with van der Waals surface area (Å²) in [6.07, 6.45) is 2.32. The molecule has 0 heterocycles. The summed E-state index contributed by atoms with van der Waals surface area (Å²) in [7, 11) is 0. The number of benzene rings is 1. The van der Waals surface area contributed by atoms with E-state index in [1.165, 1.54) is 5.56 Å². The van der Waals surface area contributed by atoms with E-state index in [4.69, 9.17) is 0 Å². The van der Waals surface area contributed by atoms with Gasteiger partial charge in [0.1, 0.15) is 5.75 Å². The third-order valence-corrected chi connectivity index (χ3v) is 3.67. The van der Waals surface area contributed by atoms with Gasteiger partial charge in [0.2, 0.25) is 0 Å². The van der Waals surface area contributed by atoms with Gasteiger partial charge in [0, 0.05) is 24.7 Å². The number of aryl methyl sites for hydroxylation is 1. The molecule has 0 aliphatic heterocycles. The van der Waals surface area contributed by atoms with E-state index in [-0.39, 0.29) is 0 Å². The predicted octanol–water partition coefficient (Wildman–Crippen LogP) is 4.35. The molecule has 2 nitrogen and oxygen atoms in total. The monoisotopic (exact) mass is 263 g/mol. The van der Waals surface area contributed by atoms with Gasteiger partial charge in [-0.15, -0.1) is 0 Å². The standard InChI is InChI=1S/C17H29NO/c1-6-16(7-2)18(11-13(3)4)12-15-10-14(5)8-9-17(15)19/h8-10,13,16,19H,6-7,11-12H2,1-5H3. The van der Waals surface area contributed by atoms with E-state index in [1.807, 2.05) is 12.1 Å². The zero-order valence-electron chi connectivity index (χ0n) is 13.1. The molecule has 0 bridgehead atoms. The molecule has 0 saturated carbocycles. The van der Waals surface area contributed by atoms with Gasteiger partial charge in [-0.1, -0.05) is 45.4 Å². The normalized spacial score (nSPS) is 11.8. The molecule has 0 saturated heterocycles. The summed E-state index contributed by atoms with van der Waals surface area (Å²) in [5.74, 6) is 1.07. The van der Waals surface area contributed by atoms with Gasteiger partial charge in [0.25, 0.3) is 0 Å². The predicted molar refractivity (Wildman–Crippen MR) is 82.5 cm³/mol. The molecule has 1 rings (SSSR count). The van der Waals surface area contributed by atoms with Crippen molar-refractivity contribution in [1.82, 2.24) is 4.90 Å². The number of hydrogen-bond donors (Lipinski definition) is 1. The smallest absolute Gasteiger partial charge is 0.120 e. The van der Waals surface area contributed by atoms with Crippen LogP contribution in [-0.2, 0) is 6.54 Å². The van der Waals surface area contributed by atoms with Crippen LogP contribution in [0.25, 0.3) is 0 Å². The fourth-order valence-corrected chi connectivity index (χ4v) is 2.68. The quantitative estimate of drug-likeness (QED) is 0.790. The highest BCUT2D eigenvalue weighted by atomic mass is 16.3. The minimum atomic E-state index is 0.422. The topological polar surface area (TPSA) is 23.5 Å². The van der Waals surface area contributed by atoms with Crippen LogP contribution in [0.5, 0.6) is 5.75 Å². The van der Waals surface area contributed by atoms with Gasteiger partial charge in [0.15, 0.2) is 0 Å². The first-order valence-electron chi connectivity index (χ1n) is 7.50. The van der Waals surface area contributed by atoms with Crippen molar-refractivity contribution in [2.45, 2.75) is 60.0 Å². The van der Waals surface area contributed by atoms with E-state index < -0.39 is 0 Å². The van der Waals surface area contributed by atoms with E-state index in [0.29, 0.717) is 17.7 Å². The van der Waals surface area contributed by atoms with Crippen molar-refractivity contribution < 1.29 is 5.11 Å². The van der Waals surface area contributed by atoms with Crippen LogP contribution in [0.3, 0.4) is 0 Å². The summed E-state index contributed by atoms with van der Waals surface area (Å²) in [6, 6.07) is 6.47. The number of rotatable bonds is 7. The van der Waals surface area contributed by atoms with Gasteiger partial charge < -0.3 is 5.11 Å². The van der Waals surface area contributed by atoms with Gasteiger partial charge in [-0.25, -0.2) is 0 Å². The average molecular weight is 263 g/mol. The van der Waals surface area contributed by atoms with Crippen molar-refractivity contribution >= 4 is 0 Å². The SMILES string of the molecule is CCC(CC)N(Cc1cc(C)ccc1O)CC(C)C. The van der Waals surface area contributed by atoms with Crippen molar-refractivity contribution in [3.63, 3.8) is 0 Å². The van der Waals surface area contributed by atoms with Crippen LogP contribution >= 0.6 is 0 Å². The molecule has 1 aromatic carbocycles. The highest BCUT2D eigenvalue weighted by molar-refractivity contribution is 5.35. The lowest BCUT2D eigenvalue weighted by molar-refractivity contribution is 0.156. The number of phenolic OH excluding ortho intramolecular Hbond substituents is 1. The first kappa shape index (κ1) is 16.0. The summed E-state index contributed by atoms with van der Waals surface area (Å²) in [5, 5.41) is 10.0. The van der Waals surface area contributed by atoms with Crippen LogP contribution in [0.4, 0.5) is 0 Å². The Hall–Kier alpha value is -1.02. The first-order chi connectivity index (χ1) is 8.97. The second kappa shape index (κ2) is 7.54. The molecule has 1 aromatic rings. The number of hydrogen-bond acceptors (Lipinski definition) is 2. The van der Waals surface area contributed by atoms with Crippen molar-refractivity contribution in [3.8, 4) is 5.75 Å². The van der Waals surface area contributed by atoms with E-state index in [9.17, 15) is 5.11 Å². The third kappa shape index (κ3) is 4.87. The Kier molecular flexibility index (Phi) is 6.36. The van der Waals surface area contributed by atoms with Crippen molar-refractivity contribution in [2.75, 3.05) is 6.54 Å². The Balaban J connectivity index is 2.89. The summed E-state index contributed by atoms with van der Waals surface area (Å²) < 4.78 is 0. The number of nitrogens with zero attached hydrogens (tertiary/aromatic N) is 1. The van der Waals surface area contributed by atoms with Crippen LogP contribution in [0.15, 0.2) is 18.2 Å². The molecule has 108 valence electrons. The minimum Gasteiger partial charge on any atom is -0.508 e. The lowest BCUT2D eigenvalue weighted by Crippen LogP contribution is -2.36. The van der Waals surface area contributed by atoms with Gasteiger partial charge in [0.05, 0.1) is 0 Å². The van der Waals surface area contributed by atoms with Gasteiger partial charge >= 0.3 is 0 Å². The zero-order valence-corrected chi connectivity index (χ0v) is 13.1. The molecular weight excluding hydrogens is 234 g/mol. The minimum absolute atomic E-state index is 0.422. The Bertz CT molecular complexity index is 383. The van der Waals surface area contributed by atoms with Crippen molar-refractivity contribution in [1.29, 1.82) is 0 Å². The Morgan fingerprint density at radius 2 is 1.79 bits per heavy atom. The Labute approximate surface area is 118 Å². The molecule has 0 amide bonds. The fourth-order valence-electron chi connectivity index (χ4n) is 2.68. The molecule has 1 N–H and O–H groups in total. The van der Waals surface area contributed by atoms with Crippen LogP contribution in [-0.4, -0.2) is 22.6 Å². The third-order valence-electron chi connectivity index (χ3n) is 3.67. The van der Waals surface area contributed by atoms with E-state index in [2.05, 4.69) is 45.6 Å². The van der Waals surface area contributed by atoms with Gasteiger partial charge in [-0.2, -0.15) is 0 Å². The van der Waals surface area contributed by atoms with Crippen LogP contribution in [0.1, 0.15) is 51.7 Å². The zero-order chi connectivity index (χ0) is 14.4. The highest BCUT2D eigenvalue weighted by Crippen LogP contribution is 2.23. The molecule has 0 atom stereocenters. The summed E-state index contributed by atoms with van der Waals surface area (Å²) >= 11 is 0. The largest absolute Gasteiger partial charge is 0.508 e. The maximum Gasteiger partial charge on any atom is 0.120 e. The van der Waals surface area contributed by atoms with Gasteiger partial charge in [-0.05, 0) is 31.7 Å². The number of phenols is 1. The molecule has 0 radical (unpaired) electrons. The molecular formula is C17H29NO. The Morgan fingerprint density at radius 1 is 1.16 bits per heavy atom. The van der Waals surface area contributed by atoms with Crippen molar-refractivity contribution in [3.05, 3.63) is 29.3 Å². The van der Waals surface area contributed by atoms with Crippen LogP contribution < -0.4 is 0 Å². The lowest BCUT2D eigenvalue weighted by atomic mass is 10.0.